The average Bonchev–Trinajstić information content (AvgIpc) is 2.81. The van der Waals surface area contributed by atoms with E-state index in [1.165, 1.54) is 10.7 Å². The second-order valence-electron chi connectivity index (χ2n) is 4.10. The van der Waals surface area contributed by atoms with E-state index < -0.39 is 5.97 Å². The van der Waals surface area contributed by atoms with Gasteiger partial charge < -0.3 is 9.84 Å². The minimum atomic E-state index is -1.06. The Kier molecular flexibility index (Phi) is 2.71. The summed E-state index contributed by atoms with van der Waals surface area (Å²) in [6, 6.07) is 0. The van der Waals surface area contributed by atoms with Crippen molar-refractivity contribution in [2.75, 3.05) is 6.61 Å². The topological polar surface area (TPSA) is 81.6 Å². The Balaban J connectivity index is 2.06. The summed E-state index contributed by atoms with van der Waals surface area (Å²) in [6.07, 6.45) is 2.41. The van der Waals surface area contributed by atoms with Crippen LogP contribution >= 0.6 is 11.6 Å². The summed E-state index contributed by atoms with van der Waals surface area (Å²) in [4.78, 5) is 15.1. The second-order valence-corrected chi connectivity index (χ2v) is 4.37. The normalized spacial score (nSPS) is 19.1. The third-order valence-electron chi connectivity index (χ3n) is 3.01. The fourth-order valence-corrected chi connectivity index (χ4v) is 2.17. The molecule has 0 saturated carbocycles. The van der Waals surface area contributed by atoms with Crippen molar-refractivity contribution in [3.63, 3.8) is 0 Å². The molecule has 1 unspecified atom stereocenters. The Morgan fingerprint density at radius 2 is 2.44 bits per heavy atom. The van der Waals surface area contributed by atoms with Gasteiger partial charge in [0, 0.05) is 6.61 Å². The number of hydrogen-bond acceptors (Lipinski definition) is 4. The number of rotatable bonds is 4. The van der Waals surface area contributed by atoms with Crippen LogP contribution in [0.25, 0.3) is 5.78 Å². The van der Waals surface area contributed by atoms with Crippen molar-refractivity contribution in [3.8, 4) is 0 Å². The number of hydrogen-bond donors (Lipinski definition) is 1. The number of aromatic nitrogens is 4. The number of aromatic carboxylic acids is 1. The number of carboxylic acid groups (broad SMARTS) is 1. The van der Waals surface area contributed by atoms with E-state index in [9.17, 15) is 4.79 Å². The molecule has 1 saturated heterocycles. The molecule has 8 heteroatoms. The Bertz CT molecular complexity index is 602. The maximum atomic E-state index is 11.0. The van der Waals surface area contributed by atoms with Gasteiger partial charge in [0.1, 0.15) is 5.82 Å². The highest BCUT2D eigenvalue weighted by molar-refractivity contribution is 6.16. The third kappa shape index (κ3) is 1.67. The zero-order chi connectivity index (χ0) is 12.7. The molecule has 0 spiro atoms. The lowest BCUT2D eigenvalue weighted by atomic mass is 10.2. The first kappa shape index (κ1) is 11.5. The SMILES string of the molecule is O=C(O)c1cnc2n(CC3CCO3)c(CCl)nn12. The van der Waals surface area contributed by atoms with E-state index >= 15 is 0 Å². The summed E-state index contributed by atoms with van der Waals surface area (Å²) in [5.74, 6) is 0.222. The van der Waals surface area contributed by atoms with Crippen LogP contribution in [0.5, 0.6) is 0 Å². The van der Waals surface area contributed by atoms with E-state index in [1.54, 1.807) is 0 Å². The van der Waals surface area contributed by atoms with Gasteiger partial charge >= 0.3 is 5.97 Å². The predicted octanol–water partition coefficient (Wildman–Crippen LogP) is 0.757. The highest BCUT2D eigenvalue weighted by Gasteiger charge is 2.24. The van der Waals surface area contributed by atoms with Gasteiger partial charge in [0.05, 0.1) is 24.7 Å². The van der Waals surface area contributed by atoms with E-state index in [1.807, 2.05) is 4.57 Å². The van der Waals surface area contributed by atoms with Gasteiger partial charge in [-0.2, -0.15) is 4.52 Å². The molecule has 0 aliphatic carbocycles. The van der Waals surface area contributed by atoms with E-state index in [4.69, 9.17) is 21.4 Å². The molecule has 1 fully saturated rings. The summed E-state index contributed by atoms with van der Waals surface area (Å²) in [6.45, 7) is 1.36. The molecule has 1 N–H and O–H groups in total. The quantitative estimate of drug-likeness (QED) is 0.830. The minimum absolute atomic E-state index is 0.0321. The molecule has 1 atom stereocenters. The van der Waals surface area contributed by atoms with Gasteiger partial charge in [-0.1, -0.05) is 0 Å². The molecule has 3 rings (SSSR count). The molecule has 0 bridgehead atoms. The monoisotopic (exact) mass is 270 g/mol. The third-order valence-corrected chi connectivity index (χ3v) is 3.25. The van der Waals surface area contributed by atoms with Crippen LogP contribution in [-0.4, -0.2) is 43.0 Å². The van der Waals surface area contributed by atoms with E-state index in [2.05, 4.69) is 10.1 Å². The van der Waals surface area contributed by atoms with E-state index in [0.717, 1.165) is 13.0 Å². The molecule has 18 heavy (non-hydrogen) atoms. The molecule has 1 aliphatic heterocycles. The number of carbonyl (C=O) groups is 1. The number of alkyl halides is 1. The molecule has 96 valence electrons. The fraction of sp³-hybridized carbons (Fsp3) is 0.500. The van der Waals surface area contributed by atoms with E-state index in [0.29, 0.717) is 18.1 Å². The van der Waals surface area contributed by atoms with Crippen LogP contribution < -0.4 is 0 Å². The van der Waals surface area contributed by atoms with Crippen LogP contribution in [0.1, 0.15) is 22.7 Å². The molecule has 2 aromatic rings. The molecule has 1 aliphatic rings. The van der Waals surface area contributed by atoms with Crippen LogP contribution in [0.15, 0.2) is 6.20 Å². The molecule has 0 radical (unpaired) electrons. The predicted molar refractivity (Wildman–Crippen MR) is 61.9 cm³/mol. The summed E-state index contributed by atoms with van der Waals surface area (Å²) in [7, 11) is 0. The van der Waals surface area contributed by atoms with Gasteiger partial charge in [-0.05, 0) is 6.42 Å². The number of imidazole rings is 1. The van der Waals surface area contributed by atoms with Crippen LogP contribution in [0.4, 0.5) is 0 Å². The summed E-state index contributed by atoms with van der Waals surface area (Å²) >= 11 is 5.82. The first-order valence-electron chi connectivity index (χ1n) is 5.54. The molecular formula is C10H11ClN4O3. The van der Waals surface area contributed by atoms with Crippen molar-refractivity contribution in [2.24, 2.45) is 0 Å². The van der Waals surface area contributed by atoms with Crippen LogP contribution in [0.2, 0.25) is 0 Å². The van der Waals surface area contributed by atoms with Gasteiger partial charge in [-0.3, -0.25) is 4.57 Å². The van der Waals surface area contributed by atoms with Gasteiger partial charge in [-0.25, -0.2) is 9.78 Å². The maximum absolute atomic E-state index is 11.0. The number of fused-ring (bicyclic) bond motifs is 1. The van der Waals surface area contributed by atoms with E-state index in [-0.39, 0.29) is 17.7 Å². The van der Waals surface area contributed by atoms with Crippen molar-refractivity contribution in [1.82, 2.24) is 19.2 Å². The molecule has 0 aromatic carbocycles. The zero-order valence-electron chi connectivity index (χ0n) is 9.41. The Hall–Kier alpha value is -1.60. The lowest BCUT2D eigenvalue weighted by molar-refractivity contribution is -0.0590. The Morgan fingerprint density at radius 3 is 3.00 bits per heavy atom. The smallest absolute Gasteiger partial charge is 0.356 e. The number of carboxylic acids is 1. The van der Waals surface area contributed by atoms with Gasteiger partial charge in [0.15, 0.2) is 5.69 Å². The lowest BCUT2D eigenvalue weighted by Crippen LogP contribution is -2.31. The van der Waals surface area contributed by atoms with Crippen LogP contribution in [0.3, 0.4) is 0 Å². The summed E-state index contributed by atoms with van der Waals surface area (Å²) in [5.41, 5.74) is 0.0321. The van der Waals surface area contributed by atoms with Crippen molar-refractivity contribution in [3.05, 3.63) is 17.7 Å². The molecule has 0 amide bonds. The highest BCUT2D eigenvalue weighted by atomic mass is 35.5. The van der Waals surface area contributed by atoms with Crippen molar-refractivity contribution in [2.45, 2.75) is 24.9 Å². The van der Waals surface area contributed by atoms with Crippen molar-refractivity contribution < 1.29 is 14.6 Å². The zero-order valence-corrected chi connectivity index (χ0v) is 10.2. The molecular weight excluding hydrogens is 260 g/mol. The fourth-order valence-electron chi connectivity index (χ4n) is 1.97. The Morgan fingerprint density at radius 1 is 1.67 bits per heavy atom. The van der Waals surface area contributed by atoms with Gasteiger partial charge in [0.2, 0.25) is 5.78 Å². The number of halogens is 1. The maximum Gasteiger partial charge on any atom is 0.356 e. The molecule has 7 nitrogen and oxygen atoms in total. The number of nitrogens with zero attached hydrogens (tertiary/aromatic N) is 4. The minimum Gasteiger partial charge on any atom is -0.476 e. The molecule has 3 heterocycles. The second kappa shape index (κ2) is 4.25. The lowest BCUT2D eigenvalue weighted by Gasteiger charge is -2.26. The van der Waals surface area contributed by atoms with Crippen LogP contribution in [-0.2, 0) is 17.2 Å². The van der Waals surface area contributed by atoms with Crippen molar-refractivity contribution >= 4 is 23.3 Å². The average molecular weight is 271 g/mol. The summed E-state index contributed by atoms with van der Waals surface area (Å²) in [5, 5.41) is 13.2. The highest BCUT2D eigenvalue weighted by Crippen LogP contribution is 2.18. The molecule has 2 aromatic heterocycles. The van der Waals surface area contributed by atoms with Gasteiger partial charge in [-0.15, -0.1) is 16.7 Å². The number of ether oxygens (including phenoxy) is 1. The Labute approximate surface area is 107 Å². The first-order chi connectivity index (χ1) is 8.70. The standard InChI is InChI=1S/C10H11ClN4O3/c11-3-8-13-15-7(9(16)17)4-12-10(15)14(8)5-6-1-2-18-6/h4,6H,1-3,5H2,(H,16,17). The van der Waals surface area contributed by atoms with Crippen molar-refractivity contribution in [1.29, 1.82) is 0 Å². The largest absolute Gasteiger partial charge is 0.476 e. The first-order valence-corrected chi connectivity index (χ1v) is 6.08. The van der Waals surface area contributed by atoms with Gasteiger partial charge in [0.25, 0.3) is 0 Å². The summed E-state index contributed by atoms with van der Waals surface area (Å²) < 4.78 is 8.47. The van der Waals surface area contributed by atoms with Crippen LogP contribution in [0, 0.1) is 0 Å².